The number of methoxy groups -OCH3 is 1. The van der Waals surface area contributed by atoms with Crippen LogP contribution in [0.4, 0.5) is 4.39 Å². The van der Waals surface area contributed by atoms with Gasteiger partial charge in [0.25, 0.3) is 5.91 Å². The Labute approximate surface area is 216 Å². The van der Waals surface area contributed by atoms with E-state index in [0.29, 0.717) is 32.2 Å². The molecular weight excluding hydrogens is 483 g/mol. The minimum atomic E-state index is -0.847. The largest absolute Gasteiger partial charge is 0.496 e. The van der Waals surface area contributed by atoms with Crippen LogP contribution >= 0.6 is 0 Å². The molecule has 2 atom stereocenters. The molecule has 1 aromatic rings. The van der Waals surface area contributed by atoms with Crippen LogP contribution < -0.4 is 20.1 Å². The SMILES string of the molecule is COc1cc(F)c(O[C@H]2CC[C@@](C)(C(=O)O)CC2)cc1C(=O)NC1COC[C@H]1C(=O)NCC1(C)CCC1. The lowest BCUT2D eigenvalue weighted by molar-refractivity contribution is -0.150. The molecule has 0 aromatic heterocycles. The molecule has 0 bridgehead atoms. The van der Waals surface area contributed by atoms with Gasteiger partial charge < -0.3 is 30.0 Å². The van der Waals surface area contributed by atoms with Crippen LogP contribution in [-0.4, -0.2) is 61.9 Å². The molecule has 3 N–H and O–H groups in total. The van der Waals surface area contributed by atoms with Crippen LogP contribution in [0.5, 0.6) is 11.5 Å². The molecule has 2 saturated carbocycles. The molecule has 1 aromatic carbocycles. The van der Waals surface area contributed by atoms with Crippen molar-refractivity contribution in [3.8, 4) is 11.5 Å². The predicted molar refractivity (Wildman–Crippen MR) is 132 cm³/mol. The number of hydrogen-bond donors (Lipinski definition) is 3. The van der Waals surface area contributed by atoms with Crippen molar-refractivity contribution in [2.75, 3.05) is 26.9 Å². The Morgan fingerprint density at radius 2 is 1.81 bits per heavy atom. The topological polar surface area (TPSA) is 123 Å². The van der Waals surface area contributed by atoms with Gasteiger partial charge in [-0.05, 0) is 56.9 Å². The second kappa shape index (κ2) is 10.8. The number of nitrogens with one attached hydrogen (secondary N) is 2. The number of carbonyl (C=O) groups is 3. The highest BCUT2D eigenvalue weighted by molar-refractivity contribution is 5.98. The maximum Gasteiger partial charge on any atom is 0.309 e. The number of ether oxygens (including phenoxy) is 3. The fourth-order valence-electron chi connectivity index (χ4n) is 5.30. The molecule has 37 heavy (non-hydrogen) atoms. The Bertz CT molecular complexity index is 1030. The summed E-state index contributed by atoms with van der Waals surface area (Å²) in [5.41, 5.74) is -0.598. The maximum absolute atomic E-state index is 14.8. The molecule has 1 saturated heterocycles. The van der Waals surface area contributed by atoms with E-state index in [-0.39, 0.29) is 47.7 Å². The molecule has 1 heterocycles. The average Bonchev–Trinajstić information content (AvgIpc) is 3.31. The van der Waals surface area contributed by atoms with Gasteiger partial charge in [-0.25, -0.2) is 4.39 Å². The number of aliphatic carboxylic acids is 1. The van der Waals surface area contributed by atoms with Crippen LogP contribution in [0.25, 0.3) is 0 Å². The quantitative estimate of drug-likeness (QED) is 0.457. The zero-order valence-electron chi connectivity index (χ0n) is 21.7. The van der Waals surface area contributed by atoms with Crippen molar-refractivity contribution in [1.29, 1.82) is 0 Å². The van der Waals surface area contributed by atoms with Gasteiger partial charge in [0.15, 0.2) is 11.6 Å². The summed E-state index contributed by atoms with van der Waals surface area (Å²) in [6.07, 6.45) is 4.75. The van der Waals surface area contributed by atoms with Crippen molar-refractivity contribution in [3.63, 3.8) is 0 Å². The molecule has 2 amide bonds. The van der Waals surface area contributed by atoms with Gasteiger partial charge in [-0.1, -0.05) is 13.3 Å². The number of hydrogen-bond acceptors (Lipinski definition) is 6. The molecule has 9 nitrogen and oxygen atoms in total. The lowest BCUT2D eigenvalue weighted by Gasteiger charge is -2.38. The summed E-state index contributed by atoms with van der Waals surface area (Å²) < 4.78 is 31.4. The van der Waals surface area contributed by atoms with E-state index < -0.39 is 35.1 Å². The van der Waals surface area contributed by atoms with Gasteiger partial charge >= 0.3 is 5.97 Å². The van der Waals surface area contributed by atoms with E-state index in [0.717, 1.165) is 18.9 Å². The van der Waals surface area contributed by atoms with Crippen LogP contribution in [-0.2, 0) is 14.3 Å². The summed E-state index contributed by atoms with van der Waals surface area (Å²) in [6.45, 7) is 4.86. The lowest BCUT2D eigenvalue weighted by Crippen LogP contribution is -2.48. The summed E-state index contributed by atoms with van der Waals surface area (Å²) in [4.78, 5) is 37.5. The van der Waals surface area contributed by atoms with Crippen molar-refractivity contribution in [1.82, 2.24) is 10.6 Å². The third-order valence-electron chi connectivity index (χ3n) is 8.33. The zero-order valence-corrected chi connectivity index (χ0v) is 21.7. The first kappa shape index (κ1) is 27.2. The predicted octanol–water partition coefficient (Wildman–Crippen LogP) is 3.30. The van der Waals surface area contributed by atoms with Gasteiger partial charge in [0.2, 0.25) is 5.91 Å². The fourth-order valence-corrected chi connectivity index (χ4v) is 5.30. The van der Waals surface area contributed by atoms with Crippen molar-refractivity contribution in [2.45, 2.75) is 70.9 Å². The van der Waals surface area contributed by atoms with E-state index in [1.54, 1.807) is 6.92 Å². The minimum absolute atomic E-state index is 0.0438. The highest BCUT2D eigenvalue weighted by Crippen LogP contribution is 2.40. The number of carbonyl (C=O) groups excluding carboxylic acids is 2. The zero-order chi connectivity index (χ0) is 26.8. The molecule has 3 fully saturated rings. The van der Waals surface area contributed by atoms with Crippen molar-refractivity contribution in [2.24, 2.45) is 16.7 Å². The van der Waals surface area contributed by atoms with Crippen molar-refractivity contribution in [3.05, 3.63) is 23.5 Å². The second-order valence-corrected chi connectivity index (χ2v) is 11.3. The maximum atomic E-state index is 14.8. The summed E-state index contributed by atoms with van der Waals surface area (Å²) in [5.74, 6) is -2.78. The van der Waals surface area contributed by atoms with Gasteiger partial charge in [0.1, 0.15) is 5.75 Å². The number of carboxylic acid groups (broad SMARTS) is 1. The van der Waals surface area contributed by atoms with Crippen molar-refractivity contribution < 1.29 is 38.1 Å². The summed E-state index contributed by atoms with van der Waals surface area (Å²) in [5, 5.41) is 15.3. The molecular formula is C27H37FN2O7. The van der Waals surface area contributed by atoms with E-state index in [9.17, 15) is 23.9 Å². The molecule has 204 valence electrons. The summed E-state index contributed by atoms with van der Waals surface area (Å²) in [6, 6.07) is 1.87. The third-order valence-corrected chi connectivity index (χ3v) is 8.33. The van der Waals surface area contributed by atoms with E-state index in [2.05, 4.69) is 17.6 Å². The summed E-state index contributed by atoms with van der Waals surface area (Å²) >= 11 is 0. The van der Waals surface area contributed by atoms with Crippen LogP contribution in [0, 0.1) is 22.6 Å². The van der Waals surface area contributed by atoms with Crippen LogP contribution in [0.1, 0.15) is 69.2 Å². The van der Waals surface area contributed by atoms with Gasteiger partial charge in [-0.3, -0.25) is 14.4 Å². The average molecular weight is 521 g/mol. The van der Waals surface area contributed by atoms with E-state index >= 15 is 0 Å². The smallest absolute Gasteiger partial charge is 0.309 e. The minimum Gasteiger partial charge on any atom is -0.496 e. The first-order chi connectivity index (χ1) is 17.5. The van der Waals surface area contributed by atoms with Gasteiger partial charge in [-0.15, -0.1) is 0 Å². The third kappa shape index (κ3) is 6.00. The molecule has 4 rings (SSSR count). The molecule has 10 heteroatoms. The standard InChI is InChI=1S/C27H37FN2O7/c1-26(7-4-8-26)15-29-23(31)18-13-36-14-20(18)30-24(32)17-11-22(19(28)12-21(17)35-3)37-16-5-9-27(2,10-6-16)25(33)34/h11-12,16,18,20H,4-10,13-15H2,1-3H3,(H,29,31)(H,30,32)(H,33,34)/t16-,18-,20?,27+/m1/s1. The first-order valence-corrected chi connectivity index (χ1v) is 13.0. The van der Waals surface area contributed by atoms with Gasteiger partial charge in [-0.2, -0.15) is 0 Å². The fraction of sp³-hybridized carbons (Fsp3) is 0.667. The van der Waals surface area contributed by atoms with E-state index in [4.69, 9.17) is 14.2 Å². The second-order valence-electron chi connectivity index (χ2n) is 11.3. The molecule has 0 spiro atoms. The Morgan fingerprint density at radius 1 is 1.11 bits per heavy atom. The number of halogens is 1. The Balaban J connectivity index is 1.41. The van der Waals surface area contributed by atoms with Gasteiger partial charge in [0.05, 0.1) is 49.4 Å². The summed E-state index contributed by atoms with van der Waals surface area (Å²) in [7, 11) is 1.34. The lowest BCUT2D eigenvalue weighted by atomic mass is 9.70. The molecule has 1 unspecified atom stereocenters. The molecule has 0 radical (unpaired) electrons. The van der Waals surface area contributed by atoms with E-state index in [1.165, 1.54) is 19.6 Å². The van der Waals surface area contributed by atoms with Crippen LogP contribution in [0.2, 0.25) is 0 Å². The first-order valence-electron chi connectivity index (χ1n) is 13.0. The highest BCUT2D eigenvalue weighted by Gasteiger charge is 2.40. The van der Waals surface area contributed by atoms with Crippen LogP contribution in [0.3, 0.4) is 0 Å². The normalized spacial score (nSPS) is 28.6. The van der Waals surface area contributed by atoms with Gasteiger partial charge in [0, 0.05) is 12.6 Å². The highest BCUT2D eigenvalue weighted by atomic mass is 19.1. The molecule has 2 aliphatic carbocycles. The Kier molecular flexibility index (Phi) is 7.96. The van der Waals surface area contributed by atoms with E-state index in [1.807, 2.05) is 0 Å². The monoisotopic (exact) mass is 520 g/mol. The number of rotatable bonds is 9. The van der Waals surface area contributed by atoms with Crippen LogP contribution in [0.15, 0.2) is 12.1 Å². The van der Waals surface area contributed by atoms with Crippen molar-refractivity contribution >= 4 is 17.8 Å². The number of amides is 2. The Morgan fingerprint density at radius 3 is 2.41 bits per heavy atom. The molecule has 1 aliphatic heterocycles. The Hall–Kier alpha value is -2.88. The molecule has 3 aliphatic rings. The number of carboxylic acids is 1. The number of benzene rings is 1.